The van der Waals surface area contributed by atoms with Crippen LogP contribution in [-0.4, -0.2) is 47.7 Å². The number of pyridine rings is 1. The van der Waals surface area contributed by atoms with E-state index in [1.807, 2.05) is 0 Å². The molecule has 0 aromatic carbocycles. The van der Waals surface area contributed by atoms with Crippen LogP contribution in [0.2, 0.25) is 15.2 Å². The van der Waals surface area contributed by atoms with Gasteiger partial charge in [-0.3, -0.25) is 10.1 Å². The highest BCUT2D eigenvalue weighted by atomic mass is 35.5. The Labute approximate surface area is 167 Å². The van der Waals surface area contributed by atoms with Crippen LogP contribution >= 0.6 is 34.8 Å². The number of esters is 1. The Kier molecular flexibility index (Phi) is 6.83. The molecule has 1 amide bonds. The van der Waals surface area contributed by atoms with Crippen molar-refractivity contribution in [1.82, 2.24) is 15.0 Å². The van der Waals surface area contributed by atoms with E-state index in [0.29, 0.717) is 0 Å². The van der Waals surface area contributed by atoms with E-state index in [1.165, 1.54) is 20.3 Å². The average molecular weight is 437 g/mol. The third kappa shape index (κ3) is 5.00. The number of carbonyl (C=O) groups is 2. The molecule has 2 rings (SSSR count). The Morgan fingerprint density at radius 3 is 2.22 bits per heavy atom. The minimum Gasteiger partial charge on any atom is -0.481 e. The number of rotatable bonds is 6. The van der Waals surface area contributed by atoms with Gasteiger partial charge in [-0.2, -0.15) is 9.97 Å². The maximum absolute atomic E-state index is 12.1. The van der Waals surface area contributed by atoms with Gasteiger partial charge in [-0.15, -0.1) is 0 Å². The predicted octanol–water partition coefficient (Wildman–Crippen LogP) is 2.23. The standard InChI is InChI=1S/C14H12Cl3N5O5/c1-25-6-3-7(26-2)21-14(20-6)19-5(23)4-27-13(24)11-8(15)10(18)9(16)12(17)22-11/h3H,4H2,1-2H3,(H2,18,22)(H,19,20,21,23). The quantitative estimate of drug-likeness (QED) is 0.515. The summed E-state index contributed by atoms with van der Waals surface area (Å²) in [5.74, 6) is -1.54. The second kappa shape index (κ2) is 8.89. The van der Waals surface area contributed by atoms with E-state index in [0.717, 1.165) is 0 Å². The smallest absolute Gasteiger partial charge is 0.359 e. The number of nitrogen functional groups attached to an aromatic ring is 1. The number of halogens is 3. The summed E-state index contributed by atoms with van der Waals surface area (Å²) < 4.78 is 14.7. The summed E-state index contributed by atoms with van der Waals surface area (Å²) in [5, 5.41) is 1.75. The van der Waals surface area contributed by atoms with Crippen molar-refractivity contribution >= 4 is 58.3 Å². The molecule has 3 N–H and O–H groups in total. The zero-order valence-corrected chi connectivity index (χ0v) is 16.1. The fourth-order valence-corrected chi connectivity index (χ4v) is 2.28. The molecule has 13 heteroatoms. The fourth-order valence-electron chi connectivity index (χ4n) is 1.70. The minimum atomic E-state index is -1.02. The molecular weight excluding hydrogens is 425 g/mol. The van der Waals surface area contributed by atoms with Crippen molar-refractivity contribution in [3.8, 4) is 11.8 Å². The van der Waals surface area contributed by atoms with Gasteiger partial charge in [-0.25, -0.2) is 9.78 Å². The Morgan fingerprint density at radius 1 is 1.07 bits per heavy atom. The van der Waals surface area contributed by atoms with Crippen molar-refractivity contribution in [2.75, 3.05) is 31.9 Å². The molecule has 0 spiro atoms. The van der Waals surface area contributed by atoms with Gasteiger partial charge in [-0.1, -0.05) is 34.8 Å². The number of anilines is 2. The molecule has 2 heterocycles. The maximum atomic E-state index is 12.1. The third-order valence-corrected chi connectivity index (χ3v) is 4.08. The lowest BCUT2D eigenvalue weighted by Gasteiger charge is -2.10. The van der Waals surface area contributed by atoms with Crippen LogP contribution in [0.1, 0.15) is 10.5 Å². The molecule has 2 aromatic rings. The molecule has 0 saturated carbocycles. The molecule has 0 radical (unpaired) electrons. The monoisotopic (exact) mass is 435 g/mol. The van der Waals surface area contributed by atoms with Crippen LogP contribution in [-0.2, 0) is 9.53 Å². The van der Waals surface area contributed by atoms with Crippen LogP contribution in [0.4, 0.5) is 11.6 Å². The zero-order valence-electron chi connectivity index (χ0n) is 13.9. The van der Waals surface area contributed by atoms with Crippen molar-refractivity contribution in [3.05, 3.63) is 27.0 Å². The van der Waals surface area contributed by atoms with Crippen LogP contribution in [0.3, 0.4) is 0 Å². The number of amides is 1. The second-order valence-electron chi connectivity index (χ2n) is 4.69. The number of nitrogens with zero attached hydrogens (tertiary/aromatic N) is 3. The Hall–Kier alpha value is -2.56. The van der Waals surface area contributed by atoms with Crippen molar-refractivity contribution in [2.45, 2.75) is 0 Å². The number of carbonyl (C=O) groups excluding carboxylic acids is 2. The van der Waals surface area contributed by atoms with Gasteiger partial charge in [0.05, 0.1) is 31.0 Å². The highest BCUT2D eigenvalue weighted by Gasteiger charge is 2.22. The van der Waals surface area contributed by atoms with Crippen molar-refractivity contribution in [3.63, 3.8) is 0 Å². The molecule has 0 aliphatic carbocycles. The Balaban J connectivity index is 2.05. The highest BCUT2D eigenvalue weighted by Crippen LogP contribution is 2.34. The van der Waals surface area contributed by atoms with Gasteiger partial charge in [-0.05, 0) is 0 Å². The first-order chi connectivity index (χ1) is 12.8. The van der Waals surface area contributed by atoms with Crippen LogP contribution < -0.4 is 20.5 Å². The van der Waals surface area contributed by atoms with Gasteiger partial charge < -0.3 is 19.9 Å². The Bertz CT molecular complexity index is 874. The zero-order chi connectivity index (χ0) is 20.1. The third-order valence-electron chi connectivity index (χ3n) is 2.95. The second-order valence-corrected chi connectivity index (χ2v) is 5.81. The molecule has 2 aromatic heterocycles. The number of hydrogen-bond donors (Lipinski definition) is 2. The maximum Gasteiger partial charge on any atom is 0.359 e. The first-order valence-electron chi connectivity index (χ1n) is 7.00. The molecule has 0 aliphatic heterocycles. The normalized spacial score (nSPS) is 10.3. The summed E-state index contributed by atoms with van der Waals surface area (Å²) in [6.07, 6.45) is 0. The molecular formula is C14H12Cl3N5O5. The molecule has 10 nitrogen and oxygen atoms in total. The van der Waals surface area contributed by atoms with E-state index in [1.54, 1.807) is 0 Å². The first kappa shape index (κ1) is 20.7. The van der Waals surface area contributed by atoms with Crippen molar-refractivity contribution in [1.29, 1.82) is 0 Å². The van der Waals surface area contributed by atoms with Gasteiger partial charge >= 0.3 is 5.97 Å². The lowest BCUT2D eigenvalue weighted by Crippen LogP contribution is -2.23. The van der Waals surface area contributed by atoms with Crippen LogP contribution in [0.15, 0.2) is 6.07 Å². The van der Waals surface area contributed by atoms with E-state index < -0.39 is 18.5 Å². The van der Waals surface area contributed by atoms with Gasteiger partial charge in [0, 0.05) is 0 Å². The summed E-state index contributed by atoms with van der Waals surface area (Å²) in [5.41, 5.74) is 5.11. The largest absolute Gasteiger partial charge is 0.481 e. The number of nitrogens with one attached hydrogen (secondary N) is 1. The van der Waals surface area contributed by atoms with Crippen molar-refractivity contribution in [2.24, 2.45) is 0 Å². The van der Waals surface area contributed by atoms with Gasteiger partial charge in [0.1, 0.15) is 5.02 Å². The number of hydrogen-bond acceptors (Lipinski definition) is 9. The molecule has 0 saturated heterocycles. The lowest BCUT2D eigenvalue weighted by atomic mass is 10.3. The summed E-state index contributed by atoms with van der Waals surface area (Å²) in [6, 6.07) is 1.41. The fraction of sp³-hybridized carbons (Fsp3) is 0.214. The average Bonchev–Trinajstić information content (AvgIpc) is 2.66. The van der Waals surface area contributed by atoms with Crippen molar-refractivity contribution < 1.29 is 23.8 Å². The number of methoxy groups -OCH3 is 2. The summed E-state index contributed by atoms with van der Waals surface area (Å²) >= 11 is 17.4. The number of aromatic nitrogens is 3. The van der Waals surface area contributed by atoms with E-state index in [2.05, 4.69) is 20.3 Å². The molecule has 0 aliphatic rings. The highest BCUT2D eigenvalue weighted by molar-refractivity contribution is 6.46. The minimum absolute atomic E-state index is 0.0971. The summed E-state index contributed by atoms with van der Waals surface area (Å²) in [6.45, 7) is -0.681. The molecule has 27 heavy (non-hydrogen) atoms. The summed E-state index contributed by atoms with van der Waals surface area (Å²) in [7, 11) is 2.77. The summed E-state index contributed by atoms with van der Waals surface area (Å²) in [4.78, 5) is 35.5. The molecule has 144 valence electrons. The number of ether oxygens (including phenoxy) is 3. The van der Waals surface area contributed by atoms with E-state index >= 15 is 0 Å². The molecule has 0 unspecified atom stereocenters. The molecule has 0 bridgehead atoms. The molecule has 0 fully saturated rings. The van der Waals surface area contributed by atoms with Gasteiger partial charge in [0.25, 0.3) is 5.91 Å². The van der Waals surface area contributed by atoms with E-state index in [4.69, 9.17) is 54.7 Å². The lowest BCUT2D eigenvalue weighted by molar-refractivity contribution is -0.119. The predicted molar refractivity (Wildman–Crippen MR) is 97.7 cm³/mol. The molecule has 0 atom stereocenters. The first-order valence-corrected chi connectivity index (χ1v) is 8.14. The van der Waals surface area contributed by atoms with E-state index in [-0.39, 0.29) is 44.3 Å². The SMILES string of the molecule is COc1cc(OC)nc(NC(=O)COC(=O)c2nc(Cl)c(Cl)c(N)c2Cl)n1. The number of nitrogens with two attached hydrogens (primary N) is 1. The topological polar surface area (TPSA) is 139 Å². The van der Waals surface area contributed by atoms with Crippen LogP contribution in [0.5, 0.6) is 11.8 Å². The van der Waals surface area contributed by atoms with Crippen LogP contribution in [0, 0.1) is 0 Å². The Morgan fingerprint density at radius 2 is 1.67 bits per heavy atom. The van der Waals surface area contributed by atoms with Gasteiger partial charge in [0.15, 0.2) is 17.5 Å². The van der Waals surface area contributed by atoms with Crippen LogP contribution in [0.25, 0.3) is 0 Å². The van der Waals surface area contributed by atoms with E-state index in [9.17, 15) is 9.59 Å². The van der Waals surface area contributed by atoms with Gasteiger partial charge in [0.2, 0.25) is 17.7 Å².